The zero-order valence-electron chi connectivity index (χ0n) is 17.1. The molecule has 0 radical (unpaired) electrons. The molecular weight excluding hydrogens is 392 g/mol. The van der Waals surface area contributed by atoms with E-state index in [4.69, 9.17) is 0 Å². The summed E-state index contributed by atoms with van der Waals surface area (Å²) in [6, 6.07) is 22.3. The Morgan fingerprint density at radius 2 is 1.65 bits per heavy atom. The van der Waals surface area contributed by atoms with Crippen molar-refractivity contribution in [3.05, 3.63) is 88.5 Å². The van der Waals surface area contributed by atoms with Crippen molar-refractivity contribution in [3.63, 3.8) is 0 Å². The summed E-state index contributed by atoms with van der Waals surface area (Å²) in [5.41, 5.74) is 2.15. The molecule has 7 heteroatoms. The Morgan fingerprint density at radius 3 is 2.29 bits per heavy atom. The Hall–Kier alpha value is -3.74. The quantitative estimate of drug-likeness (QED) is 0.481. The topological polar surface area (TPSA) is 88.4 Å². The van der Waals surface area contributed by atoms with Crippen molar-refractivity contribution in [2.75, 3.05) is 18.0 Å². The van der Waals surface area contributed by atoms with E-state index in [2.05, 4.69) is 15.2 Å². The summed E-state index contributed by atoms with van der Waals surface area (Å²) in [5.74, 6) is 0.740. The van der Waals surface area contributed by atoms with Gasteiger partial charge in [0.25, 0.3) is 5.69 Å². The Kier molecular flexibility index (Phi) is 6.21. The molecule has 1 amide bonds. The van der Waals surface area contributed by atoms with Crippen molar-refractivity contribution in [3.8, 4) is 11.3 Å². The molecule has 1 N–H and O–H groups in total. The van der Waals surface area contributed by atoms with E-state index < -0.39 is 4.92 Å². The van der Waals surface area contributed by atoms with Crippen LogP contribution in [0.3, 0.4) is 0 Å². The van der Waals surface area contributed by atoms with Gasteiger partial charge in [-0.25, -0.2) is 4.98 Å². The predicted octanol–water partition coefficient (Wildman–Crippen LogP) is 4.19. The maximum absolute atomic E-state index is 12.6. The van der Waals surface area contributed by atoms with Crippen LogP contribution in [0.2, 0.25) is 0 Å². The van der Waals surface area contributed by atoms with Crippen molar-refractivity contribution < 1.29 is 9.72 Å². The van der Waals surface area contributed by atoms with Gasteiger partial charge in [-0.1, -0.05) is 60.7 Å². The molecule has 0 saturated carbocycles. The van der Waals surface area contributed by atoms with Crippen molar-refractivity contribution >= 4 is 17.4 Å². The summed E-state index contributed by atoms with van der Waals surface area (Å²) >= 11 is 0. The summed E-state index contributed by atoms with van der Waals surface area (Å²) in [7, 11) is 0. The number of nitrogens with zero attached hydrogens (tertiary/aromatic N) is 3. The lowest BCUT2D eigenvalue weighted by molar-refractivity contribution is -0.384. The van der Waals surface area contributed by atoms with E-state index in [1.165, 1.54) is 6.07 Å². The largest absolute Gasteiger partial charge is 0.357 e. The van der Waals surface area contributed by atoms with Crippen LogP contribution in [0.1, 0.15) is 18.4 Å². The average molecular weight is 416 g/mol. The molecule has 31 heavy (non-hydrogen) atoms. The first-order valence-electron chi connectivity index (χ1n) is 10.4. The van der Waals surface area contributed by atoms with Gasteiger partial charge >= 0.3 is 0 Å². The first-order valence-corrected chi connectivity index (χ1v) is 10.4. The van der Waals surface area contributed by atoms with Gasteiger partial charge in [-0.3, -0.25) is 14.9 Å². The number of anilines is 1. The molecule has 1 saturated heterocycles. The van der Waals surface area contributed by atoms with Crippen LogP contribution in [0.25, 0.3) is 11.3 Å². The normalized spacial score (nSPS) is 14.3. The number of benzene rings is 2. The molecule has 1 aliphatic rings. The van der Waals surface area contributed by atoms with Gasteiger partial charge in [-0.2, -0.15) is 0 Å². The highest BCUT2D eigenvalue weighted by atomic mass is 16.6. The number of hydrogen-bond donors (Lipinski definition) is 1. The highest BCUT2D eigenvalue weighted by Crippen LogP contribution is 2.31. The van der Waals surface area contributed by atoms with Gasteiger partial charge in [0.1, 0.15) is 5.82 Å². The van der Waals surface area contributed by atoms with Crippen LogP contribution in [0.4, 0.5) is 11.5 Å². The maximum Gasteiger partial charge on any atom is 0.295 e. The predicted molar refractivity (Wildman–Crippen MR) is 120 cm³/mol. The summed E-state index contributed by atoms with van der Waals surface area (Å²) < 4.78 is 0. The number of carbonyl (C=O) groups is 1. The SMILES string of the molecule is O=C(NCc1ccccc1)C1CCN(c2ccc([N+](=O)[O-])c(-c3ccccc3)n2)CC1. The number of carbonyl (C=O) groups excluding carboxylic acids is 1. The van der Waals surface area contributed by atoms with E-state index in [0.29, 0.717) is 36.7 Å². The van der Waals surface area contributed by atoms with Crippen molar-refractivity contribution in [2.24, 2.45) is 5.92 Å². The van der Waals surface area contributed by atoms with Crippen molar-refractivity contribution in [2.45, 2.75) is 19.4 Å². The van der Waals surface area contributed by atoms with E-state index >= 15 is 0 Å². The molecular formula is C24H24N4O3. The molecule has 1 fully saturated rings. The lowest BCUT2D eigenvalue weighted by Crippen LogP contribution is -2.40. The Labute approximate surface area is 180 Å². The van der Waals surface area contributed by atoms with E-state index in [-0.39, 0.29) is 17.5 Å². The van der Waals surface area contributed by atoms with Crippen molar-refractivity contribution in [1.82, 2.24) is 10.3 Å². The molecule has 2 aromatic carbocycles. The molecule has 0 bridgehead atoms. The molecule has 0 aliphatic carbocycles. The van der Waals surface area contributed by atoms with Gasteiger partial charge < -0.3 is 10.2 Å². The minimum atomic E-state index is -0.400. The monoisotopic (exact) mass is 416 g/mol. The van der Waals surface area contributed by atoms with E-state index in [1.54, 1.807) is 6.07 Å². The molecule has 3 aromatic rings. The Morgan fingerprint density at radius 1 is 1.00 bits per heavy atom. The molecule has 1 aliphatic heterocycles. The molecule has 0 unspecified atom stereocenters. The fourth-order valence-corrected chi connectivity index (χ4v) is 3.87. The molecule has 0 spiro atoms. The molecule has 7 nitrogen and oxygen atoms in total. The second kappa shape index (κ2) is 9.38. The van der Waals surface area contributed by atoms with Crippen LogP contribution >= 0.6 is 0 Å². The molecule has 1 aromatic heterocycles. The Balaban J connectivity index is 1.41. The van der Waals surface area contributed by atoms with Crippen LogP contribution in [0.15, 0.2) is 72.8 Å². The lowest BCUT2D eigenvalue weighted by Gasteiger charge is -2.32. The van der Waals surface area contributed by atoms with Crippen molar-refractivity contribution in [1.29, 1.82) is 0 Å². The number of pyridine rings is 1. The number of rotatable bonds is 6. The number of nitrogens with one attached hydrogen (secondary N) is 1. The maximum atomic E-state index is 12.6. The van der Waals surface area contributed by atoms with Crippen LogP contribution < -0.4 is 10.2 Å². The first-order chi connectivity index (χ1) is 15.1. The number of aromatic nitrogens is 1. The fraction of sp³-hybridized carbons (Fsp3) is 0.250. The number of nitro groups is 1. The number of hydrogen-bond acceptors (Lipinski definition) is 5. The van der Waals surface area contributed by atoms with Gasteiger partial charge in [0.2, 0.25) is 5.91 Å². The summed E-state index contributed by atoms with van der Waals surface area (Å²) in [5, 5.41) is 14.5. The molecule has 2 heterocycles. The number of amides is 1. The third kappa shape index (κ3) is 4.88. The van der Waals surface area contributed by atoms with Crippen LogP contribution in [0.5, 0.6) is 0 Å². The van der Waals surface area contributed by atoms with Crippen LogP contribution in [-0.4, -0.2) is 28.9 Å². The third-order valence-electron chi connectivity index (χ3n) is 5.60. The standard InChI is InChI=1S/C24H24N4O3/c29-24(25-17-18-7-3-1-4-8-18)20-13-15-27(16-14-20)22-12-11-21(28(30)31)23(26-22)19-9-5-2-6-10-19/h1-12,20H,13-17H2,(H,25,29). The summed E-state index contributed by atoms with van der Waals surface area (Å²) in [6.45, 7) is 1.90. The van der Waals surface area contributed by atoms with Crippen LogP contribution in [-0.2, 0) is 11.3 Å². The average Bonchev–Trinajstić information content (AvgIpc) is 2.83. The van der Waals surface area contributed by atoms with Gasteiger partial charge in [-0.15, -0.1) is 0 Å². The summed E-state index contributed by atoms with van der Waals surface area (Å²) in [4.78, 5) is 30.3. The Bertz CT molecular complexity index is 1050. The third-order valence-corrected chi connectivity index (χ3v) is 5.60. The van der Waals surface area contributed by atoms with Gasteiger partial charge in [0.15, 0.2) is 5.69 Å². The van der Waals surface area contributed by atoms with E-state index in [1.807, 2.05) is 60.7 Å². The first kappa shape index (κ1) is 20.5. The minimum absolute atomic E-state index is 0.00914. The summed E-state index contributed by atoms with van der Waals surface area (Å²) in [6.07, 6.45) is 1.44. The number of piperidine rings is 1. The van der Waals surface area contributed by atoms with E-state index in [9.17, 15) is 14.9 Å². The lowest BCUT2D eigenvalue weighted by atomic mass is 9.95. The second-order valence-electron chi connectivity index (χ2n) is 7.63. The highest BCUT2D eigenvalue weighted by Gasteiger charge is 2.27. The second-order valence-corrected chi connectivity index (χ2v) is 7.63. The zero-order valence-corrected chi connectivity index (χ0v) is 17.1. The minimum Gasteiger partial charge on any atom is -0.357 e. The molecule has 4 rings (SSSR count). The smallest absolute Gasteiger partial charge is 0.295 e. The zero-order chi connectivity index (χ0) is 21.6. The molecule has 158 valence electrons. The van der Waals surface area contributed by atoms with Crippen LogP contribution in [0, 0.1) is 16.0 Å². The fourth-order valence-electron chi connectivity index (χ4n) is 3.87. The van der Waals surface area contributed by atoms with Gasteiger partial charge in [-0.05, 0) is 24.5 Å². The highest BCUT2D eigenvalue weighted by molar-refractivity contribution is 5.79. The molecule has 0 atom stereocenters. The van der Waals surface area contributed by atoms with E-state index in [0.717, 1.165) is 18.4 Å². The van der Waals surface area contributed by atoms with Gasteiger partial charge in [0, 0.05) is 37.2 Å². The van der Waals surface area contributed by atoms with Gasteiger partial charge in [0.05, 0.1) is 4.92 Å².